The SMILES string of the molecule is COc1ccc(-c2n[nH]c(=S)n2/N=C/c2cccn2C)cc1OC. The molecule has 2 heterocycles. The van der Waals surface area contributed by atoms with Gasteiger partial charge in [0.15, 0.2) is 17.3 Å². The molecule has 0 atom stereocenters. The third-order valence-electron chi connectivity index (χ3n) is 3.58. The second kappa shape index (κ2) is 6.71. The van der Waals surface area contributed by atoms with Gasteiger partial charge in [-0.25, -0.2) is 5.10 Å². The van der Waals surface area contributed by atoms with E-state index >= 15 is 0 Å². The van der Waals surface area contributed by atoms with Crippen LogP contribution >= 0.6 is 12.2 Å². The summed E-state index contributed by atoms with van der Waals surface area (Å²) in [5.41, 5.74) is 1.76. The van der Waals surface area contributed by atoms with Gasteiger partial charge in [-0.05, 0) is 42.5 Å². The van der Waals surface area contributed by atoms with Gasteiger partial charge >= 0.3 is 0 Å². The van der Waals surface area contributed by atoms with E-state index in [0.29, 0.717) is 22.1 Å². The molecule has 0 unspecified atom stereocenters. The highest BCUT2D eigenvalue weighted by molar-refractivity contribution is 7.71. The van der Waals surface area contributed by atoms with Crippen LogP contribution in [0.2, 0.25) is 0 Å². The van der Waals surface area contributed by atoms with Gasteiger partial charge in [0.25, 0.3) is 0 Å². The number of ether oxygens (including phenoxy) is 2. The molecular formula is C16H17N5O2S. The van der Waals surface area contributed by atoms with Gasteiger partial charge in [0.05, 0.1) is 26.1 Å². The molecule has 0 saturated heterocycles. The summed E-state index contributed by atoms with van der Waals surface area (Å²) in [6.07, 6.45) is 3.68. The van der Waals surface area contributed by atoms with Gasteiger partial charge in [0, 0.05) is 18.8 Å². The highest BCUT2D eigenvalue weighted by atomic mass is 32.1. The summed E-state index contributed by atoms with van der Waals surface area (Å²) in [6.45, 7) is 0. The standard InChI is InChI=1S/C16H17N5O2S/c1-20-8-4-5-12(20)10-17-21-15(18-19-16(21)24)11-6-7-13(22-2)14(9-11)23-3/h4-10H,1-3H3,(H,19,24)/b17-10+. The van der Waals surface area contributed by atoms with E-state index in [1.54, 1.807) is 25.1 Å². The maximum Gasteiger partial charge on any atom is 0.216 e. The third kappa shape index (κ3) is 2.95. The number of benzene rings is 1. The van der Waals surface area contributed by atoms with Gasteiger partial charge in [0.2, 0.25) is 4.77 Å². The Morgan fingerprint density at radius 1 is 1.21 bits per heavy atom. The van der Waals surface area contributed by atoms with Gasteiger partial charge in [-0.15, -0.1) is 0 Å². The largest absolute Gasteiger partial charge is 0.493 e. The van der Waals surface area contributed by atoms with E-state index in [0.717, 1.165) is 11.3 Å². The van der Waals surface area contributed by atoms with Crippen molar-refractivity contribution >= 4 is 18.4 Å². The van der Waals surface area contributed by atoms with Crippen LogP contribution in [0, 0.1) is 4.77 Å². The first-order valence-electron chi connectivity index (χ1n) is 7.19. The molecule has 0 aliphatic carbocycles. The van der Waals surface area contributed by atoms with E-state index in [-0.39, 0.29) is 0 Å². The number of rotatable bonds is 5. The lowest BCUT2D eigenvalue weighted by atomic mass is 10.2. The third-order valence-corrected chi connectivity index (χ3v) is 3.85. The first kappa shape index (κ1) is 16.0. The molecule has 124 valence electrons. The van der Waals surface area contributed by atoms with E-state index in [1.807, 2.05) is 48.1 Å². The Hall–Kier alpha value is -2.87. The first-order chi connectivity index (χ1) is 11.6. The Morgan fingerprint density at radius 3 is 2.67 bits per heavy atom. The Morgan fingerprint density at radius 2 is 2.00 bits per heavy atom. The predicted molar refractivity (Wildman–Crippen MR) is 94.4 cm³/mol. The minimum absolute atomic E-state index is 0.408. The van der Waals surface area contributed by atoms with Crippen LogP contribution in [-0.2, 0) is 7.05 Å². The van der Waals surface area contributed by atoms with E-state index in [9.17, 15) is 0 Å². The summed E-state index contributed by atoms with van der Waals surface area (Å²) < 4.78 is 14.5. The molecule has 0 bridgehead atoms. The molecule has 0 fully saturated rings. The van der Waals surface area contributed by atoms with E-state index in [2.05, 4.69) is 15.3 Å². The number of hydrogen-bond donors (Lipinski definition) is 1. The minimum atomic E-state index is 0.408. The van der Waals surface area contributed by atoms with Crippen molar-refractivity contribution in [1.82, 2.24) is 19.4 Å². The number of aromatic amines is 1. The molecule has 0 saturated carbocycles. The zero-order valence-corrected chi connectivity index (χ0v) is 14.4. The molecule has 3 rings (SSSR count). The second-order valence-corrected chi connectivity index (χ2v) is 5.41. The minimum Gasteiger partial charge on any atom is -0.493 e. The van der Waals surface area contributed by atoms with E-state index in [4.69, 9.17) is 21.7 Å². The smallest absolute Gasteiger partial charge is 0.216 e. The van der Waals surface area contributed by atoms with Gasteiger partial charge in [-0.3, -0.25) is 0 Å². The highest BCUT2D eigenvalue weighted by Gasteiger charge is 2.12. The monoisotopic (exact) mass is 343 g/mol. The summed E-state index contributed by atoms with van der Waals surface area (Å²) >= 11 is 5.28. The highest BCUT2D eigenvalue weighted by Crippen LogP contribution is 2.31. The summed E-state index contributed by atoms with van der Waals surface area (Å²) in [7, 11) is 5.13. The van der Waals surface area contributed by atoms with Gasteiger partial charge in [-0.1, -0.05) is 0 Å². The van der Waals surface area contributed by atoms with Crippen LogP contribution in [0.25, 0.3) is 11.4 Å². The Labute approximate surface area is 144 Å². The number of nitrogens with one attached hydrogen (secondary N) is 1. The van der Waals surface area contributed by atoms with Gasteiger partial charge < -0.3 is 14.0 Å². The van der Waals surface area contributed by atoms with Gasteiger partial charge in [-0.2, -0.15) is 14.9 Å². The summed E-state index contributed by atoms with van der Waals surface area (Å²) in [6, 6.07) is 9.44. The first-order valence-corrected chi connectivity index (χ1v) is 7.60. The van der Waals surface area contributed by atoms with Crippen molar-refractivity contribution in [1.29, 1.82) is 0 Å². The van der Waals surface area contributed by atoms with Crippen molar-refractivity contribution in [2.75, 3.05) is 14.2 Å². The lowest BCUT2D eigenvalue weighted by Gasteiger charge is -2.09. The number of H-pyrrole nitrogens is 1. The van der Waals surface area contributed by atoms with Crippen LogP contribution in [0.1, 0.15) is 5.69 Å². The van der Waals surface area contributed by atoms with Crippen molar-refractivity contribution in [3.8, 4) is 22.9 Å². The Kier molecular flexibility index (Phi) is 4.48. The number of nitrogens with zero attached hydrogens (tertiary/aromatic N) is 4. The maximum atomic E-state index is 5.34. The maximum absolute atomic E-state index is 5.34. The zero-order valence-electron chi connectivity index (χ0n) is 13.6. The van der Waals surface area contributed by atoms with Crippen LogP contribution in [-0.4, -0.2) is 39.9 Å². The Balaban J connectivity index is 2.03. The fourth-order valence-corrected chi connectivity index (χ4v) is 2.47. The molecule has 24 heavy (non-hydrogen) atoms. The van der Waals surface area contributed by atoms with Crippen LogP contribution in [0.3, 0.4) is 0 Å². The van der Waals surface area contributed by atoms with Crippen molar-refractivity contribution in [3.05, 3.63) is 47.0 Å². The topological polar surface area (TPSA) is 69.4 Å². The molecule has 0 aliphatic heterocycles. The average Bonchev–Trinajstić information content (AvgIpc) is 3.17. The van der Waals surface area contributed by atoms with Crippen molar-refractivity contribution in [3.63, 3.8) is 0 Å². The van der Waals surface area contributed by atoms with Crippen LogP contribution in [0.5, 0.6) is 11.5 Å². The van der Waals surface area contributed by atoms with Crippen LogP contribution in [0.15, 0.2) is 41.6 Å². The summed E-state index contributed by atoms with van der Waals surface area (Å²) in [5.74, 6) is 1.85. The molecule has 0 amide bonds. The number of aryl methyl sites for hydroxylation is 1. The quantitative estimate of drug-likeness (QED) is 0.571. The molecular weight excluding hydrogens is 326 g/mol. The normalized spacial score (nSPS) is 11.1. The molecule has 3 aromatic rings. The van der Waals surface area contributed by atoms with Crippen molar-refractivity contribution in [2.24, 2.45) is 12.1 Å². The molecule has 1 N–H and O–H groups in total. The molecule has 7 nitrogen and oxygen atoms in total. The number of methoxy groups -OCH3 is 2. The van der Waals surface area contributed by atoms with E-state index in [1.165, 1.54) is 0 Å². The molecule has 2 aromatic heterocycles. The fraction of sp³-hybridized carbons (Fsp3) is 0.188. The number of aromatic nitrogens is 4. The van der Waals surface area contributed by atoms with Crippen LogP contribution in [0.4, 0.5) is 0 Å². The molecule has 8 heteroatoms. The lowest BCUT2D eigenvalue weighted by Crippen LogP contribution is -1.98. The second-order valence-electron chi connectivity index (χ2n) is 5.02. The fourth-order valence-electron chi connectivity index (χ4n) is 2.29. The van der Waals surface area contributed by atoms with E-state index < -0.39 is 0 Å². The van der Waals surface area contributed by atoms with Gasteiger partial charge in [0.1, 0.15) is 0 Å². The van der Waals surface area contributed by atoms with Crippen molar-refractivity contribution in [2.45, 2.75) is 0 Å². The molecule has 0 aliphatic rings. The molecule has 0 spiro atoms. The number of hydrogen-bond acceptors (Lipinski definition) is 5. The molecule has 0 radical (unpaired) electrons. The van der Waals surface area contributed by atoms with Crippen LogP contribution < -0.4 is 9.47 Å². The lowest BCUT2D eigenvalue weighted by molar-refractivity contribution is 0.355. The summed E-state index contributed by atoms with van der Waals surface area (Å²) in [4.78, 5) is 0. The zero-order chi connectivity index (χ0) is 17.1. The Bertz CT molecular complexity index is 938. The van der Waals surface area contributed by atoms with Crippen molar-refractivity contribution < 1.29 is 9.47 Å². The average molecular weight is 343 g/mol. The predicted octanol–water partition coefficient (Wildman–Crippen LogP) is 2.85. The summed E-state index contributed by atoms with van der Waals surface area (Å²) in [5, 5.41) is 11.5. The molecule has 1 aromatic carbocycles.